The molecular formula is C10H14IN3O2. The molecule has 5 nitrogen and oxygen atoms in total. The highest BCUT2D eigenvalue weighted by atomic mass is 127. The van der Waals surface area contributed by atoms with Gasteiger partial charge < -0.3 is 10.4 Å². The molecule has 2 rings (SSSR count). The second-order valence-corrected chi connectivity index (χ2v) is 5.49. The number of nitrogens with zero attached hydrogens (tertiary/aromatic N) is 1. The van der Waals surface area contributed by atoms with Gasteiger partial charge in [0.05, 0.1) is 17.4 Å². The van der Waals surface area contributed by atoms with Crippen molar-refractivity contribution in [3.8, 4) is 0 Å². The van der Waals surface area contributed by atoms with Crippen molar-refractivity contribution in [1.29, 1.82) is 0 Å². The number of carbonyl (C=O) groups excluding carboxylic acids is 1. The molecule has 3 N–H and O–H groups in total. The Labute approximate surface area is 107 Å². The number of nitrogens with one attached hydrogen (secondary N) is 2. The van der Waals surface area contributed by atoms with E-state index in [0.717, 1.165) is 12.8 Å². The van der Waals surface area contributed by atoms with Crippen LogP contribution in [0.2, 0.25) is 0 Å². The Morgan fingerprint density at radius 1 is 1.81 bits per heavy atom. The number of halogens is 1. The van der Waals surface area contributed by atoms with Gasteiger partial charge in [0.25, 0.3) is 5.91 Å². The van der Waals surface area contributed by atoms with Crippen molar-refractivity contribution in [2.24, 2.45) is 5.92 Å². The Morgan fingerprint density at radius 2 is 2.50 bits per heavy atom. The minimum Gasteiger partial charge on any atom is -0.388 e. The molecule has 6 heteroatoms. The van der Waals surface area contributed by atoms with Crippen LogP contribution < -0.4 is 5.32 Å². The van der Waals surface area contributed by atoms with E-state index < -0.39 is 5.60 Å². The summed E-state index contributed by atoms with van der Waals surface area (Å²) in [6, 6.07) is 0. The van der Waals surface area contributed by atoms with Crippen molar-refractivity contribution in [2.75, 3.05) is 6.54 Å². The maximum atomic E-state index is 11.7. The van der Waals surface area contributed by atoms with Crippen LogP contribution in [0.1, 0.15) is 30.1 Å². The lowest BCUT2D eigenvalue weighted by Gasteiger charge is -2.23. The quantitative estimate of drug-likeness (QED) is 0.716. The summed E-state index contributed by atoms with van der Waals surface area (Å²) >= 11 is 2.02. The monoisotopic (exact) mass is 335 g/mol. The summed E-state index contributed by atoms with van der Waals surface area (Å²) in [7, 11) is 0. The molecule has 16 heavy (non-hydrogen) atoms. The molecule has 1 aliphatic carbocycles. The normalized spacial score (nSPS) is 19.2. The number of carbonyl (C=O) groups is 1. The number of H-pyrrole nitrogens is 1. The van der Waals surface area contributed by atoms with Crippen molar-refractivity contribution >= 4 is 28.5 Å². The van der Waals surface area contributed by atoms with Gasteiger partial charge in [-0.3, -0.25) is 9.89 Å². The smallest absolute Gasteiger partial charge is 0.255 e. The summed E-state index contributed by atoms with van der Waals surface area (Å²) in [6.45, 7) is 2.06. The van der Waals surface area contributed by atoms with Crippen molar-refractivity contribution in [2.45, 2.75) is 25.4 Å². The summed E-state index contributed by atoms with van der Waals surface area (Å²) in [5.74, 6) is 0.135. The summed E-state index contributed by atoms with van der Waals surface area (Å²) in [5.41, 5.74) is -0.266. The zero-order chi connectivity index (χ0) is 11.8. The number of hydrogen-bond acceptors (Lipinski definition) is 3. The van der Waals surface area contributed by atoms with Crippen LogP contribution >= 0.6 is 22.6 Å². The van der Waals surface area contributed by atoms with E-state index >= 15 is 0 Å². The van der Waals surface area contributed by atoms with Gasteiger partial charge in [0, 0.05) is 6.54 Å². The molecule has 1 heterocycles. The van der Waals surface area contributed by atoms with E-state index in [2.05, 4.69) is 15.5 Å². The SMILES string of the molecule is CC(O)(CNC(=O)c1cn[nH]c1I)C1CC1. The number of amides is 1. The van der Waals surface area contributed by atoms with Gasteiger partial charge in [0.2, 0.25) is 0 Å². The Kier molecular flexibility index (Phi) is 3.20. The van der Waals surface area contributed by atoms with Crippen LogP contribution in [0.3, 0.4) is 0 Å². The van der Waals surface area contributed by atoms with E-state index in [9.17, 15) is 9.90 Å². The zero-order valence-corrected chi connectivity index (χ0v) is 11.1. The van der Waals surface area contributed by atoms with Crippen molar-refractivity contribution in [3.05, 3.63) is 15.5 Å². The van der Waals surface area contributed by atoms with Crippen LogP contribution in [0.25, 0.3) is 0 Å². The fourth-order valence-corrected chi connectivity index (χ4v) is 2.16. The molecule has 0 spiro atoms. The third-order valence-electron chi connectivity index (χ3n) is 2.90. The van der Waals surface area contributed by atoms with Crippen molar-refractivity contribution in [1.82, 2.24) is 15.5 Å². The van der Waals surface area contributed by atoms with Crippen LogP contribution in [0.15, 0.2) is 6.20 Å². The van der Waals surface area contributed by atoms with Gasteiger partial charge in [0.1, 0.15) is 3.70 Å². The molecule has 1 unspecified atom stereocenters. The molecule has 1 amide bonds. The molecule has 1 fully saturated rings. The number of aromatic nitrogens is 2. The van der Waals surface area contributed by atoms with Crippen LogP contribution in [-0.4, -0.2) is 33.4 Å². The van der Waals surface area contributed by atoms with Gasteiger partial charge in [-0.1, -0.05) is 0 Å². The first-order chi connectivity index (χ1) is 7.50. The third-order valence-corrected chi connectivity index (χ3v) is 3.72. The maximum Gasteiger partial charge on any atom is 0.255 e. The van der Waals surface area contributed by atoms with E-state index in [4.69, 9.17) is 0 Å². The summed E-state index contributed by atoms with van der Waals surface area (Å²) < 4.78 is 0.709. The third kappa shape index (κ3) is 2.54. The predicted molar refractivity (Wildman–Crippen MR) is 67.0 cm³/mol. The summed E-state index contributed by atoms with van der Waals surface area (Å²) in [5, 5.41) is 19.2. The first kappa shape index (κ1) is 11.8. The Balaban J connectivity index is 1.91. The first-order valence-corrected chi connectivity index (χ1v) is 6.28. The fraction of sp³-hybridized carbons (Fsp3) is 0.600. The van der Waals surface area contributed by atoms with Gasteiger partial charge >= 0.3 is 0 Å². The molecular weight excluding hydrogens is 321 g/mol. The van der Waals surface area contributed by atoms with Crippen LogP contribution in [-0.2, 0) is 0 Å². The second-order valence-electron chi connectivity index (χ2n) is 4.41. The lowest BCUT2D eigenvalue weighted by molar-refractivity contribution is 0.0354. The lowest BCUT2D eigenvalue weighted by atomic mass is 10.0. The van der Waals surface area contributed by atoms with E-state index in [1.54, 1.807) is 6.92 Å². The molecule has 1 atom stereocenters. The average molecular weight is 335 g/mol. The van der Waals surface area contributed by atoms with Crippen LogP contribution in [0.5, 0.6) is 0 Å². The molecule has 1 aromatic heterocycles. The van der Waals surface area contributed by atoms with Crippen molar-refractivity contribution < 1.29 is 9.90 Å². The van der Waals surface area contributed by atoms with Gasteiger partial charge in [-0.15, -0.1) is 0 Å². The highest BCUT2D eigenvalue weighted by Crippen LogP contribution is 2.39. The number of hydrogen-bond donors (Lipinski definition) is 3. The Morgan fingerprint density at radius 3 is 3.00 bits per heavy atom. The standard InChI is InChI=1S/C10H14IN3O2/c1-10(16,6-2-3-6)5-12-9(15)7-4-13-14-8(7)11/h4,6,16H,2-3,5H2,1H3,(H,12,15)(H,13,14). The topological polar surface area (TPSA) is 78.0 Å². The minimum absolute atomic E-state index is 0.195. The molecule has 0 saturated heterocycles. The Bertz CT molecular complexity index is 399. The molecule has 0 radical (unpaired) electrons. The van der Waals surface area contributed by atoms with E-state index in [-0.39, 0.29) is 12.5 Å². The predicted octanol–water partition coefficient (Wildman–Crippen LogP) is 0.905. The second kappa shape index (κ2) is 4.33. The van der Waals surface area contributed by atoms with E-state index in [1.807, 2.05) is 22.6 Å². The minimum atomic E-state index is -0.787. The first-order valence-electron chi connectivity index (χ1n) is 5.20. The van der Waals surface area contributed by atoms with Crippen molar-refractivity contribution in [3.63, 3.8) is 0 Å². The summed E-state index contributed by atoms with van der Waals surface area (Å²) in [6.07, 6.45) is 3.58. The molecule has 0 bridgehead atoms. The van der Waals surface area contributed by atoms with Gasteiger partial charge in [-0.05, 0) is 48.3 Å². The molecule has 0 aliphatic heterocycles. The fourth-order valence-electron chi connectivity index (χ4n) is 1.63. The van der Waals surface area contributed by atoms with Crippen LogP contribution in [0.4, 0.5) is 0 Å². The number of aliphatic hydroxyl groups is 1. The highest BCUT2D eigenvalue weighted by molar-refractivity contribution is 14.1. The lowest BCUT2D eigenvalue weighted by Crippen LogP contribution is -2.42. The maximum absolute atomic E-state index is 11.7. The van der Waals surface area contributed by atoms with E-state index in [0.29, 0.717) is 15.2 Å². The molecule has 0 aromatic carbocycles. The summed E-state index contributed by atoms with van der Waals surface area (Å²) in [4.78, 5) is 11.7. The average Bonchev–Trinajstić information content (AvgIpc) is 3.00. The van der Waals surface area contributed by atoms with Crippen LogP contribution in [0, 0.1) is 9.62 Å². The highest BCUT2D eigenvalue weighted by Gasteiger charge is 2.40. The largest absolute Gasteiger partial charge is 0.388 e. The van der Waals surface area contributed by atoms with Gasteiger partial charge in [-0.25, -0.2) is 0 Å². The molecule has 88 valence electrons. The zero-order valence-electron chi connectivity index (χ0n) is 8.96. The molecule has 1 aromatic rings. The molecule has 1 aliphatic rings. The number of rotatable bonds is 4. The Hall–Kier alpha value is -0.630. The van der Waals surface area contributed by atoms with Gasteiger partial charge in [-0.2, -0.15) is 5.10 Å². The van der Waals surface area contributed by atoms with Gasteiger partial charge in [0.15, 0.2) is 0 Å². The number of aromatic amines is 1. The van der Waals surface area contributed by atoms with E-state index in [1.165, 1.54) is 6.20 Å². The molecule has 1 saturated carbocycles.